The first-order chi connectivity index (χ1) is 9.74. The molecule has 2 aliphatic rings. The highest BCUT2D eigenvalue weighted by Gasteiger charge is 2.22. The highest BCUT2D eigenvalue weighted by molar-refractivity contribution is 8.00. The zero-order chi connectivity index (χ0) is 13.9. The maximum absolute atomic E-state index is 11.4. The molecule has 0 saturated heterocycles. The van der Waals surface area contributed by atoms with Gasteiger partial charge in [0.2, 0.25) is 5.91 Å². The van der Waals surface area contributed by atoms with Gasteiger partial charge in [-0.2, -0.15) is 0 Å². The van der Waals surface area contributed by atoms with Crippen molar-refractivity contribution < 1.29 is 9.53 Å². The first-order valence-corrected chi connectivity index (χ1v) is 8.09. The van der Waals surface area contributed by atoms with Gasteiger partial charge in [0.25, 0.3) is 0 Å². The fourth-order valence-corrected chi connectivity index (χ4v) is 3.69. The van der Waals surface area contributed by atoms with Crippen molar-refractivity contribution in [2.75, 3.05) is 23.5 Å². The van der Waals surface area contributed by atoms with Gasteiger partial charge in [0.15, 0.2) is 0 Å². The fourth-order valence-electron chi connectivity index (χ4n) is 2.90. The van der Waals surface area contributed by atoms with E-state index in [0.29, 0.717) is 17.9 Å². The third-order valence-electron chi connectivity index (χ3n) is 3.94. The Bertz CT molecular complexity index is 507. The van der Waals surface area contributed by atoms with E-state index in [4.69, 9.17) is 4.74 Å². The zero-order valence-electron chi connectivity index (χ0n) is 11.6. The van der Waals surface area contributed by atoms with Crippen LogP contribution in [0.4, 0.5) is 11.4 Å². The standard InChI is InChI=1S/C15H20N2O2S/c1-19-12-4-2-3-10(7-12)16-11-5-6-14-13(8-11)17-15(18)9-20-14/h5-6,8,10,12,16H,2-4,7,9H2,1H3,(H,17,18). The topological polar surface area (TPSA) is 50.4 Å². The summed E-state index contributed by atoms with van der Waals surface area (Å²) in [4.78, 5) is 12.6. The number of nitrogens with one attached hydrogen (secondary N) is 2. The van der Waals surface area contributed by atoms with Gasteiger partial charge in [-0.25, -0.2) is 0 Å². The van der Waals surface area contributed by atoms with Gasteiger partial charge in [-0.15, -0.1) is 11.8 Å². The predicted octanol–water partition coefficient (Wildman–Crippen LogP) is 3.10. The van der Waals surface area contributed by atoms with Gasteiger partial charge in [-0.1, -0.05) is 0 Å². The lowest BCUT2D eigenvalue weighted by Gasteiger charge is -2.30. The molecule has 2 atom stereocenters. The number of anilines is 2. The van der Waals surface area contributed by atoms with E-state index in [1.54, 1.807) is 18.9 Å². The average Bonchev–Trinajstić information content (AvgIpc) is 2.47. The second-order valence-electron chi connectivity index (χ2n) is 5.41. The summed E-state index contributed by atoms with van der Waals surface area (Å²) in [6.45, 7) is 0. The summed E-state index contributed by atoms with van der Waals surface area (Å²) in [5.74, 6) is 0.592. The summed E-state index contributed by atoms with van der Waals surface area (Å²) in [6, 6.07) is 6.67. The molecule has 5 heteroatoms. The average molecular weight is 292 g/mol. The van der Waals surface area contributed by atoms with Gasteiger partial charge in [0.05, 0.1) is 17.5 Å². The first-order valence-electron chi connectivity index (χ1n) is 7.10. The lowest BCUT2D eigenvalue weighted by atomic mass is 9.92. The van der Waals surface area contributed by atoms with Crippen LogP contribution in [-0.4, -0.2) is 30.9 Å². The van der Waals surface area contributed by atoms with Crippen LogP contribution in [0.1, 0.15) is 25.7 Å². The number of hydrogen-bond acceptors (Lipinski definition) is 4. The minimum Gasteiger partial charge on any atom is -0.382 e. The molecule has 1 aliphatic carbocycles. The molecule has 0 aromatic heterocycles. The van der Waals surface area contributed by atoms with Crippen LogP contribution in [0.2, 0.25) is 0 Å². The number of ether oxygens (including phenoxy) is 1. The molecule has 1 aromatic rings. The van der Waals surface area contributed by atoms with Crippen LogP contribution in [0.3, 0.4) is 0 Å². The van der Waals surface area contributed by atoms with Crippen LogP contribution in [0.5, 0.6) is 0 Å². The van der Waals surface area contributed by atoms with E-state index in [1.165, 1.54) is 12.8 Å². The summed E-state index contributed by atoms with van der Waals surface area (Å²) in [5.41, 5.74) is 2.00. The molecule has 1 saturated carbocycles. The van der Waals surface area contributed by atoms with E-state index < -0.39 is 0 Å². The van der Waals surface area contributed by atoms with Crippen molar-refractivity contribution in [3.63, 3.8) is 0 Å². The molecular formula is C15H20N2O2S. The molecule has 2 unspecified atom stereocenters. The Morgan fingerprint density at radius 1 is 1.40 bits per heavy atom. The molecule has 108 valence electrons. The van der Waals surface area contributed by atoms with Crippen LogP contribution >= 0.6 is 11.8 Å². The van der Waals surface area contributed by atoms with Crippen molar-refractivity contribution in [3.05, 3.63) is 18.2 Å². The summed E-state index contributed by atoms with van der Waals surface area (Å²) >= 11 is 1.60. The number of carbonyl (C=O) groups is 1. The van der Waals surface area contributed by atoms with Crippen molar-refractivity contribution in [1.29, 1.82) is 0 Å². The number of hydrogen-bond donors (Lipinski definition) is 2. The van der Waals surface area contributed by atoms with Crippen LogP contribution < -0.4 is 10.6 Å². The molecule has 3 rings (SSSR count). The van der Waals surface area contributed by atoms with Crippen molar-refractivity contribution in [1.82, 2.24) is 0 Å². The van der Waals surface area contributed by atoms with Crippen LogP contribution in [-0.2, 0) is 9.53 Å². The first kappa shape index (κ1) is 13.8. The molecule has 0 spiro atoms. The number of thioether (sulfide) groups is 1. The van der Waals surface area contributed by atoms with E-state index in [2.05, 4.69) is 22.8 Å². The zero-order valence-corrected chi connectivity index (χ0v) is 12.5. The van der Waals surface area contributed by atoms with Crippen molar-refractivity contribution in [3.8, 4) is 0 Å². The van der Waals surface area contributed by atoms with Gasteiger partial charge >= 0.3 is 0 Å². The van der Waals surface area contributed by atoms with E-state index in [1.807, 2.05) is 6.07 Å². The number of benzene rings is 1. The largest absolute Gasteiger partial charge is 0.382 e. The fraction of sp³-hybridized carbons (Fsp3) is 0.533. The van der Waals surface area contributed by atoms with Crippen LogP contribution in [0.15, 0.2) is 23.1 Å². The number of amides is 1. The van der Waals surface area contributed by atoms with Gasteiger partial charge in [-0.05, 0) is 43.9 Å². The normalized spacial score (nSPS) is 25.8. The van der Waals surface area contributed by atoms with E-state index >= 15 is 0 Å². The Kier molecular flexibility index (Phi) is 4.17. The number of rotatable bonds is 3. The molecule has 20 heavy (non-hydrogen) atoms. The number of fused-ring (bicyclic) bond motifs is 1. The highest BCUT2D eigenvalue weighted by Crippen LogP contribution is 2.34. The van der Waals surface area contributed by atoms with E-state index in [0.717, 1.165) is 29.1 Å². The van der Waals surface area contributed by atoms with Crippen molar-refractivity contribution in [2.45, 2.75) is 42.7 Å². The number of carbonyl (C=O) groups excluding carboxylic acids is 1. The Balaban J connectivity index is 1.68. The quantitative estimate of drug-likeness (QED) is 0.899. The van der Waals surface area contributed by atoms with E-state index in [9.17, 15) is 4.79 Å². The third-order valence-corrected chi connectivity index (χ3v) is 5.02. The maximum Gasteiger partial charge on any atom is 0.234 e. The minimum absolute atomic E-state index is 0.0803. The second kappa shape index (κ2) is 6.06. The Hall–Kier alpha value is -1.20. The Labute approximate surface area is 123 Å². The van der Waals surface area contributed by atoms with Crippen LogP contribution in [0, 0.1) is 0 Å². The minimum atomic E-state index is 0.0803. The molecule has 1 heterocycles. The van der Waals surface area contributed by atoms with Gasteiger partial charge < -0.3 is 15.4 Å². The second-order valence-corrected chi connectivity index (χ2v) is 6.43. The smallest absolute Gasteiger partial charge is 0.234 e. The molecule has 1 aliphatic heterocycles. The lowest BCUT2D eigenvalue weighted by molar-refractivity contribution is -0.113. The summed E-state index contributed by atoms with van der Waals surface area (Å²) in [5, 5.41) is 6.50. The molecule has 0 bridgehead atoms. The molecule has 0 radical (unpaired) electrons. The summed E-state index contributed by atoms with van der Waals surface area (Å²) in [7, 11) is 1.79. The highest BCUT2D eigenvalue weighted by atomic mass is 32.2. The molecule has 1 amide bonds. The van der Waals surface area contributed by atoms with Gasteiger partial charge in [-0.3, -0.25) is 4.79 Å². The van der Waals surface area contributed by atoms with Gasteiger partial charge in [0.1, 0.15) is 0 Å². The number of methoxy groups -OCH3 is 1. The Morgan fingerprint density at radius 3 is 3.15 bits per heavy atom. The predicted molar refractivity (Wildman–Crippen MR) is 82.5 cm³/mol. The van der Waals surface area contributed by atoms with Crippen LogP contribution in [0.25, 0.3) is 0 Å². The molecule has 1 fully saturated rings. The third kappa shape index (κ3) is 3.10. The monoisotopic (exact) mass is 292 g/mol. The van der Waals surface area contributed by atoms with E-state index in [-0.39, 0.29) is 5.91 Å². The summed E-state index contributed by atoms with van der Waals surface area (Å²) in [6.07, 6.45) is 4.96. The molecular weight excluding hydrogens is 272 g/mol. The molecule has 2 N–H and O–H groups in total. The van der Waals surface area contributed by atoms with Gasteiger partial charge in [0, 0.05) is 23.7 Å². The van der Waals surface area contributed by atoms with Crippen molar-refractivity contribution in [2.24, 2.45) is 0 Å². The molecule has 1 aromatic carbocycles. The lowest BCUT2D eigenvalue weighted by Crippen LogP contribution is -2.31. The summed E-state index contributed by atoms with van der Waals surface area (Å²) < 4.78 is 5.46. The Morgan fingerprint density at radius 2 is 2.30 bits per heavy atom. The maximum atomic E-state index is 11.4. The SMILES string of the molecule is COC1CCCC(Nc2ccc3c(c2)NC(=O)CS3)C1. The van der Waals surface area contributed by atoms with Crippen molar-refractivity contribution >= 4 is 29.0 Å². The molecule has 4 nitrogen and oxygen atoms in total.